The van der Waals surface area contributed by atoms with Crippen molar-refractivity contribution < 1.29 is 23.1 Å². The van der Waals surface area contributed by atoms with Crippen LogP contribution in [-0.4, -0.2) is 12.6 Å². The molecule has 1 aromatic heterocycles. The molecule has 2 N–H and O–H groups in total. The van der Waals surface area contributed by atoms with E-state index in [-0.39, 0.29) is 19.0 Å². The molecule has 0 atom stereocenters. The maximum atomic E-state index is 14.6. The number of hydrogen-bond acceptors (Lipinski definition) is 5. The molecule has 0 unspecified atom stereocenters. The number of para-hydroxylation sites is 1. The third-order valence-corrected chi connectivity index (χ3v) is 5.22. The molecular formula is C26H24FNO4. The van der Waals surface area contributed by atoms with Crippen LogP contribution in [0, 0.1) is 6.01 Å². The minimum atomic E-state index is -0.685. The molecule has 4 aromatic rings. The molecule has 5 nitrogen and oxygen atoms in total. The number of ether oxygens (including phenoxy) is 2. The van der Waals surface area contributed by atoms with Crippen molar-refractivity contribution >= 4 is 16.9 Å². The Labute approximate surface area is 185 Å². The summed E-state index contributed by atoms with van der Waals surface area (Å²) in [6, 6.07) is 19.9. The van der Waals surface area contributed by atoms with Crippen molar-refractivity contribution in [1.82, 2.24) is 0 Å². The number of carbonyl (C=O) groups is 1. The average molecular weight is 433 g/mol. The SMILES string of the molecule is CCOC(=O)Cc1ccccc1OCc1c(F)oc2ccc(-c3cccc(CN)c3)cc12. The summed E-state index contributed by atoms with van der Waals surface area (Å²) in [5.74, 6) is 0.161. The van der Waals surface area contributed by atoms with E-state index in [4.69, 9.17) is 19.6 Å². The van der Waals surface area contributed by atoms with E-state index in [0.717, 1.165) is 16.7 Å². The van der Waals surface area contributed by atoms with Gasteiger partial charge in [-0.3, -0.25) is 4.79 Å². The molecule has 0 saturated carbocycles. The summed E-state index contributed by atoms with van der Waals surface area (Å²) in [6.45, 7) is 2.48. The van der Waals surface area contributed by atoms with Crippen LogP contribution in [0.25, 0.3) is 22.1 Å². The Bertz CT molecular complexity index is 1250. The summed E-state index contributed by atoms with van der Waals surface area (Å²) in [5.41, 5.74) is 10.1. The topological polar surface area (TPSA) is 74.7 Å². The molecule has 0 aliphatic carbocycles. The maximum Gasteiger partial charge on any atom is 0.310 e. The molecule has 0 amide bonds. The number of carbonyl (C=O) groups excluding carboxylic acids is 1. The summed E-state index contributed by atoms with van der Waals surface area (Å²) in [5, 5.41) is 0.640. The predicted molar refractivity (Wildman–Crippen MR) is 121 cm³/mol. The van der Waals surface area contributed by atoms with Gasteiger partial charge in [-0.05, 0) is 47.9 Å². The van der Waals surface area contributed by atoms with Gasteiger partial charge < -0.3 is 19.6 Å². The van der Waals surface area contributed by atoms with Crippen LogP contribution in [0.3, 0.4) is 0 Å². The fourth-order valence-corrected chi connectivity index (χ4v) is 3.62. The number of furan rings is 1. The van der Waals surface area contributed by atoms with E-state index in [2.05, 4.69) is 0 Å². The van der Waals surface area contributed by atoms with E-state index >= 15 is 0 Å². The molecular weight excluding hydrogens is 409 g/mol. The van der Waals surface area contributed by atoms with Gasteiger partial charge in [-0.25, -0.2) is 0 Å². The molecule has 0 aliphatic heterocycles. The number of hydrogen-bond donors (Lipinski definition) is 1. The van der Waals surface area contributed by atoms with Gasteiger partial charge in [0.1, 0.15) is 17.9 Å². The third-order valence-electron chi connectivity index (χ3n) is 5.22. The van der Waals surface area contributed by atoms with Gasteiger partial charge in [0.2, 0.25) is 0 Å². The highest BCUT2D eigenvalue weighted by molar-refractivity contribution is 5.86. The number of rotatable bonds is 8. The highest BCUT2D eigenvalue weighted by Crippen LogP contribution is 2.31. The second-order valence-corrected chi connectivity index (χ2v) is 7.35. The lowest BCUT2D eigenvalue weighted by molar-refractivity contribution is -0.142. The van der Waals surface area contributed by atoms with Gasteiger partial charge in [0.15, 0.2) is 0 Å². The lowest BCUT2D eigenvalue weighted by atomic mass is 10.0. The number of nitrogens with two attached hydrogens (primary N) is 1. The average Bonchev–Trinajstić information content (AvgIpc) is 3.12. The number of benzene rings is 3. The zero-order valence-corrected chi connectivity index (χ0v) is 17.8. The van der Waals surface area contributed by atoms with Crippen molar-refractivity contribution in [3.05, 3.63) is 89.4 Å². The lowest BCUT2D eigenvalue weighted by Gasteiger charge is -2.11. The third kappa shape index (κ3) is 4.65. The molecule has 32 heavy (non-hydrogen) atoms. The second-order valence-electron chi connectivity index (χ2n) is 7.35. The quantitative estimate of drug-likeness (QED) is 0.378. The van der Waals surface area contributed by atoms with Gasteiger partial charge in [0.05, 0.1) is 18.6 Å². The summed E-state index contributed by atoms with van der Waals surface area (Å²) in [7, 11) is 0. The van der Waals surface area contributed by atoms with E-state index in [0.29, 0.717) is 41.0 Å². The molecule has 3 aromatic carbocycles. The highest BCUT2D eigenvalue weighted by Gasteiger charge is 2.17. The smallest absolute Gasteiger partial charge is 0.310 e. The van der Waals surface area contributed by atoms with E-state index in [1.807, 2.05) is 42.5 Å². The number of fused-ring (bicyclic) bond motifs is 1. The second kappa shape index (κ2) is 9.66. The van der Waals surface area contributed by atoms with Crippen LogP contribution >= 0.6 is 0 Å². The monoisotopic (exact) mass is 433 g/mol. The Morgan fingerprint density at radius 2 is 1.84 bits per heavy atom. The van der Waals surface area contributed by atoms with Crippen LogP contribution in [0.2, 0.25) is 0 Å². The van der Waals surface area contributed by atoms with Gasteiger partial charge in [0, 0.05) is 17.5 Å². The molecule has 0 saturated heterocycles. The fraction of sp³-hybridized carbons (Fsp3) is 0.192. The molecule has 0 spiro atoms. The molecule has 1 heterocycles. The lowest BCUT2D eigenvalue weighted by Crippen LogP contribution is -2.09. The largest absolute Gasteiger partial charge is 0.488 e. The van der Waals surface area contributed by atoms with E-state index in [9.17, 15) is 9.18 Å². The summed E-state index contributed by atoms with van der Waals surface area (Å²) < 4.78 is 30.9. The Hall–Kier alpha value is -3.64. The van der Waals surface area contributed by atoms with Crippen LogP contribution in [0.15, 0.2) is 71.1 Å². The van der Waals surface area contributed by atoms with E-state index in [1.165, 1.54) is 0 Å². The Kier molecular flexibility index (Phi) is 6.52. The normalized spacial score (nSPS) is 11.0. The van der Waals surface area contributed by atoms with Gasteiger partial charge in [0.25, 0.3) is 6.01 Å². The molecule has 4 rings (SSSR count). The minimum absolute atomic E-state index is 0.0367. The van der Waals surface area contributed by atoms with Crippen LogP contribution in [0.5, 0.6) is 5.75 Å². The van der Waals surface area contributed by atoms with Gasteiger partial charge in [-0.1, -0.05) is 42.5 Å². The summed E-state index contributed by atoms with van der Waals surface area (Å²) in [4.78, 5) is 11.9. The van der Waals surface area contributed by atoms with Crippen LogP contribution in [0.1, 0.15) is 23.6 Å². The van der Waals surface area contributed by atoms with Crippen LogP contribution in [0.4, 0.5) is 4.39 Å². The predicted octanol–water partition coefficient (Wildman–Crippen LogP) is 5.38. The first-order chi connectivity index (χ1) is 15.6. The maximum absolute atomic E-state index is 14.6. The van der Waals surface area contributed by atoms with Crippen LogP contribution < -0.4 is 10.5 Å². The summed E-state index contributed by atoms with van der Waals surface area (Å²) >= 11 is 0. The molecule has 6 heteroatoms. The van der Waals surface area contributed by atoms with E-state index < -0.39 is 6.01 Å². The standard InChI is InChI=1S/C26H24FNO4/c1-2-30-25(29)14-20-7-3-4-9-23(20)31-16-22-21-13-19(10-11-24(21)32-26(22)27)18-8-5-6-17(12-18)15-28/h3-13H,2,14-16,28H2,1H3. The highest BCUT2D eigenvalue weighted by atomic mass is 19.1. The molecule has 0 bridgehead atoms. The van der Waals surface area contributed by atoms with Crippen molar-refractivity contribution in [2.45, 2.75) is 26.5 Å². The van der Waals surface area contributed by atoms with Crippen molar-refractivity contribution in [3.63, 3.8) is 0 Å². The zero-order chi connectivity index (χ0) is 22.5. The first-order valence-electron chi connectivity index (χ1n) is 10.5. The van der Waals surface area contributed by atoms with Crippen molar-refractivity contribution in [2.24, 2.45) is 5.73 Å². The molecule has 0 radical (unpaired) electrons. The Morgan fingerprint density at radius 1 is 1.03 bits per heavy atom. The van der Waals surface area contributed by atoms with Gasteiger partial charge in [-0.2, -0.15) is 4.39 Å². The number of halogens is 1. The van der Waals surface area contributed by atoms with Gasteiger partial charge in [-0.15, -0.1) is 0 Å². The summed E-state index contributed by atoms with van der Waals surface area (Å²) in [6.07, 6.45) is 0.0836. The van der Waals surface area contributed by atoms with Crippen LogP contribution in [-0.2, 0) is 29.1 Å². The Morgan fingerprint density at radius 3 is 2.66 bits per heavy atom. The van der Waals surface area contributed by atoms with E-state index in [1.54, 1.807) is 31.2 Å². The minimum Gasteiger partial charge on any atom is -0.488 e. The van der Waals surface area contributed by atoms with Crippen molar-refractivity contribution in [3.8, 4) is 16.9 Å². The van der Waals surface area contributed by atoms with Crippen molar-refractivity contribution in [2.75, 3.05) is 6.61 Å². The van der Waals surface area contributed by atoms with Gasteiger partial charge >= 0.3 is 5.97 Å². The van der Waals surface area contributed by atoms with Crippen molar-refractivity contribution in [1.29, 1.82) is 0 Å². The first kappa shape index (κ1) is 21.6. The molecule has 164 valence electrons. The molecule has 0 fully saturated rings. The molecule has 0 aliphatic rings. The first-order valence-corrected chi connectivity index (χ1v) is 10.5. The zero-order valence-electron chi connectivity index (χ0n) is 17.8. The number of esters is 1. The Balaban J connectivity index is 1.61. The fourth-order valence-electron chi connectivity index (χ4n) is 3.62.